The summed E-state index contributed by atoms with van der Waals surface area (Å²) in [6.45, 7) is 4.68. The van der Waals surface area contributed by atoms with Crippen LogP contribution in [0.5, 0.6) is 0 Å². The van der Waals surface area contributed by atoms with Crippen LogP contribution in [0.2, 0.25) is 0 Å². The van der Waals surface area contributed by atoms with Crippen molar-refractivity contribution in [2.75, 3.05) is 0 Å². The maximum atomic E-state index is 13.8. The van der Waals surface area contributed by atoms with Gasteiger partial charge in [-0.3, -0.25) is 4.68 Å². The van der Waals surface area contributed by atoms with Gasteiger partial charge in [0.15, 0.2) is 0 Å². The van der Waals surface area contributed by atoms with Gasteiger partial charge in [-0.1, -0.05) is 12.1 Å². The van der Waals surface area contributed by atoms with E-state index in [2.05, 4.69) is 10.3 Å². The molecule has 0 fully saturated rings. The van der Waals surface area contributed by atoms with Crippen LogP contribution < -0.4 is 0 Å². The molecule has 1 aromatic carbocycles. The smallest absolute Gasteiger partial charge is 0.126 e. The third-order valence-corrected chi connectivity index (χ3v) is 3.26. The molecule has 19 heavy (non-hydrogen) atoms. The van der Waals surface area contributed by atoms with E-state index in [9.17, 15) is 8.78 Å². The molecule has 0 saturated heterocycles. The van der Waals surface area contributed by atoms with Gasteiger partial charge in [0.1, 0.15) is 11.6 Å². The van der Waals surface area contributed by atoms with E-state index in [0.29, 0.717) is 12.0 Å². The van der Waals surface area contributed by atoms with Crippen molar-refractivity contribution in [1.29, 1.82) is 0 Å². The van der Waals surface area contributed by atoms with E-state index < -0.39 is 5.82 Å². The second-order valence-corrected chi connectivity index (χ2v) is 4.54. The zero-order valence-electron chi connectivity index (χ0n) is 11.1. The highest BCUT2D eigenvalue weighted by atomic mass is 19.1. The molecule has 0 aliphatic carbocycles. The number of hydrogen-bond donors (Lipinski definition) is 0. The van der Waals surface area contributed by atoms with Gasteiger partial charge in [0.25, 0.3) is 0 Å². The highest BCUT2D eigenvalue weighted by molar-refractivity contribution is 5.24. The number of nitrogens with zero attached hydrogens (tertiary/aromatic N) is 3. The van der Waals surface area contributed by atoms with E-state index in [1.807, 2.05) is 20.0 Å². The molecule has 1 unspecified atom stereocenters. The highest BCUT2D eigenvalue weighted by Gasteiger charge is 2.17. The van der Waals surface area contributed by atoms with Crippen LogP contribution in [0.25, 0.3) is 0 Å². The second-order valence-electron chi connectivity index (χ2n) is 4.54. The van der Waals surface area contributed by atoms with Gasteiger partial charge in [0.2, 0.25) is 0 Å². The largest absolute Gasteiger partial charge is 0.253 e. The molecule has 0 saturated carbocycles. The molecule has 0 radical (unpaired) electrons. The SMILES string of the molecule is CCC(Cc1cn(CC)nn1)c1cc(F)ccc1F. The summed E-state index contributed by atoms with van der Waals surface area (Å²) in [4.78, 5) is 0. The minimum absolute atomic E-state index is 0.0855. The van der Waals surface area contributed by atoms with Gasteiger partial charge in [0.05, 0.1) is 5.69 Å². The lowest BCUT2D eigenvalue weighted by molar-refractivity contribution is 0.546. The third kappa shape index (κ3) is 3.16. The lowest BCUT2D eigenvalue weighted by atomic mass is 9.91. The van der Waals surface area contributed by atoms with E-state index in [0.717, 1.165) is 24.7 Å². The molecule has 0 aliphatic heterocycles. The summed E-state index contributed by atoms with van der Waals surface area (Å²) in [5.74, 6) is -0.860. The first kappa shape index (κ1) is 13.6. The van der Waals surface area contributed by atoms with Crippen molar-refractivity contribution in [3.05, 3.63) is 47.3 Å². The van der Waals surface area contributed by atoms with Crippen LogP contribution in [-0.4, -0.2) is 15.0 Å². The van der Waals surface area contributed by atoms with Crippen LogP contribution in [0.4, 0.5) is 8.78 Å². The lowest BCUT2D eigenvalue weighted by Gasteiger charge is -2.14. The van der Waals surface area contributed by atoms with E-state index in [1.54, 1.807) is 4.68 Å². The molecule has 5 heteroatoms. The van der Waals surface area contributed by atoms with Crippen molar-refractivity contribution in [3.8, 4) is 0 Å². The van der Waals surface area contributed by atoms with Gasteiger partial charge in [-0.25, -0.2) is 8.78 Å². The van der Waals surface area contributed by atoms with Crippen LogP contribution in [0.1, 0.15) is 37.4 Å². The molecule has 2 aromatic rings. The maximum Gasteiger partial charge on any atom is 0.126 e. The molecule has 1 atom stereocenters. The third-order valence-electron chi connectivity index (χ3n) is 3.26. The molecule has 102 valence electrons. The number of rotatable bonds is 5. The molecule has 0 amide bonds. The van der Waals surface area contributed by atoms with Crippen molar-refractivity contribution >= 4 is 0 Å². The molecule has 0 bridgehead atoms. The molecule has 0 spiro atoms. The Morgan fingerprint density at radius 3 is 2.68 bits per heavy atom. The molecule has 3 nitrogen and oxygen atoms in total. The molecule has 0 N–H and O–H groups in total. The lowest BCUT2D eigenvalue weighted by Crippen LogP contribution is -2.05. The Balaban J connectivity index is 2.22. The van der Waals surface area contributed by atoms with Gasteiger partial charge >= 0.3 is 0 Å². The fourth-order valence-electron chi connectivity index (χ4n) is 2.14. The Morgan fingerprint density at radius 1 is 1.26 bits per heavy atom. The number of benzene rings is 1. The number of aromatic nitrogens is 3. The van der Waals surface area contributed by atoms with Crippen LogP contribution in [0.15, 0.2) is 24.4 Å². The minimum Gasteiger partial charge on any atom is -0.253 e. The summed E-state index contributed by atoms with van der Waals surface area (Å²) >= 11 is 0. The van der Waals surface area contributed by atoms with Crippen LogP contribution >= 0.6 is 0 Å². The Labute approximate surface area is 111 Å². The fraction of sp³-hybridized carbons (Fsp3) is 0.429. The van der Waals surface area contributed by atoms with Gasteiger partial charge in [-0.2, -0.15) is 0 Å². The van der Waals surface area contributed by atoms with E-state index in [1.165, 1.54) is 12.1 Å². The van der Waals surface area contributed by atoms with Gasteiger partial charge in [-0.05, 0) is 43.0 Å². The molecule has 2 rings (SSSR count). The minimum atomic E-state index is -0.410. The van der Waals surface area contributed by atoms with Crippen molar-refractivity contribution < 1.29 is 8.78 Å². The number of halogens is 2. The van der Waals surface area contributed by atoms with Gasteiger partial charge in [-0.15, -0.1) is 5.10 Å². The molecule has 1 aromatic heterocycles. The summed E-state index contributed by atoms with van der Waals surface area (Å²) in [7, 11) is 0. The predicted octanol–water partition coefficient (Wildman–Crippen LogP) is 3.31. The fourth-order valence-corrected chi connectivity index (χ4v) is 2.14. The van der Waals surface area contributed by atoms with E-state index in [-0.39, 0.29) is 11.7 Å². The Bertz CT molecular complexity index is 551. The molecule has 1 heterocycles. The average molecular weight is 265 g/mol. The quantitative estimate of drug-likeness (QED) is 0.830. The monoisotopic (exact) mass is 265 g/mol. The zero-order valence-corrected chi connectivity index (χ0v) is 11.1. The first-order chi connectivity index (χ1) is 9.13. The summed E-state index contributed by atoms with van der Waals surface area (Å²) in [6.07, 6.45) is 3.14. The summed E-state index contributed by atoms with van der Waals surface area (Å²) < 4.78 is 28.7. The van der Waals surface area contributed by atoms with Gasteiger partial charge < -0.3 is 0 Å². The van der Waals surface area contributed by atoms with Crippen molar-refractivity contribution in [2.24, 2.45) is 0 Å². The van der Waals surface area contributed by atoms with Gasteiger partial charge in [0, 0.05) is 19.2 Å². The summed E-state index contributed by atoms with van der Waals surface area (Å²) in [6, 6.07) is 3.59. The van der Waals surface area contributed by atoms with Crippen molar-refractivity contribution in [1.82, 2.24) is 15.0 Å². The molecular weight excluding hydrogens is 248 g/mol. The summed E-state index contributed by atoms with van der Waals surface area (Å²) in [5, 5.41) is 8.00. The van der Waals surface area contributed by atoms with E-state index in [4.69, 9.17) is 0 Å². The Kier molecular flexibility index (Phi) is 4.24. The van der Waals surface area contributed by atoms with Crippen LogP contribution in [-0.2, 0) is 13.0 Å². The van der Waals surface area contributed by atoms with Crippen LogP contribution in [0, 0.1) is 11.6 Å². The predicted molar refractivity (Wildman–Crippen MR) is 68.8 cm³/mol. The number of aryl methyl sites for hydroxylation is 1. The summed E-state index contributed by atoms with van der Waals surface area (Å²) in [5.41, 5.74) is 1.21. The standard InChI is InChI=1S/C14H17F2N3/c1-3-10(7-12-9-19(4-2)18-17-12)13-8-11(15)5-6-14(13)16/h5-6,8-10H,3-4,7H2,1-2H3. The second kappa shape index (κ2) is 5.91. The molecule has 0 aliphatic rings. The zero-order chi connectivity index (χ0) is 13.8. The van der Waals surface area contributed by atoms with Crippen LogP contribution in [0.3, 0.4) is 0 Å². The normalized spacial score (nSPS) is 12.6. The Morgan fingerprint density at radius 2 is 2.05 bits per heavy atom. The first-order valence-corrected chi connectivity index (χ1v) is 6.48. The highest BCUT2D eigenvalue weighted by Crippen LogP contribution is 2.26. The topological polar surface area (TPSA) is 30.7 Å². The van der Waals surface area contributed by atoms with Crippen molar-refractivity contribution in [3.63, 3.8) is 0 Å². The Hall–Kier alpha value is -1.78. The van der Waals surface area contributed by atoms with E-state index >= 15 is 0 Å². The van der Waals surface area contributed by atoms with Crippen molar-refractivity contribution in [2.45, 2.75) is 39.2 Å². The average Bonchev–Trinajstić information content (AvgIpc) is 2.87. The number of hydrogen-bond acceptors (Lipinski definition) is 2. The molecular formula is C14H17F2N3. The maximum absolute atomic E-state index is 13.8. The first-order valence-electron chi connectivity index (χ1n) is 6.48.